The van der Waals surface area contributed by atoms with Gasteiger partial charge in [0.2, 0.25) is 0 Å². The first-order valence-corrected chi connectivity index (χ1v) is 16.7. The van der Waals surface area contributed by atoms with E-state index in [4.69, 9.17) is 5.73 Å². The first kappa shape index (κ1) is 21.4. The fourth-order valence-corrected chi connectivity index (χ4v) is 7.57. The van der Waals surface area contributed by atoms with Crippen molar-refractivity contribution in [2.24, 2.45) is 0 Å². The third kappa shape index (κ3) is 3.82. The van der Waals surface area contributed by atoms with Crippen LogP contribution in [0.25, 0.3) is 0 Å². The van der Waals surface area contributed by atoms with Crippen molar-refractivity contribution in [2.75, 3.05) is 11.1 Å². The summed E-state index contributed by atoms with van der Waals surface area (Å²) in [5.74, 6) is -1.03. The molecule has 0 heterocycles. The number of anilines is 3. The van der Waals surface area contributed by atoms with E-state index in [-0.39, 0.29) is 27.9 Å². The summed E-state index contributed by atoms with van der Waals surface area (Å²) in [4.78, 5) is 25.8. The predicted octanol–water partition coefficient (Wildman–Crippen LogP) is 2.89. The molecule has 0 bridgehead atoms. The Morgan fingerprint density at radius 2 is 1.55 bits per heavy atom. The average molecular weight is 621 g/mol. The Morgan fingerprint density at radius 3 is 2.10 bits per heavy atom. The minimum absolute atomic E-state index is 0.0243. The Balaban J connectivity index is 1.94. The number of hydrogen-bond acceptors (Lipinski definition) is 6. The van der Waals surface area contributed by atoms with Crippen LogP contribution in [0.15, 0.2) is 69.7 Å². The van der Waals surface area contributed by atoms with Crippen LogP contribution in [-0.4, -0.2) is 24.5 Å². The monoisotopic (exact) mass is 622 g/mol. The molecule has 0 aromatic heterocycles. The zero-order chi connectivity index (χ0) is 22.3. The molecule has 0 atom stereocenters. The number of nitrogens with two attached hydrogens (primary N) is 1. The normalized spacial score (nSPS) is 12.5. The van der Waals surface area contributed by atoms with Crippen LogP contribution in [0.3, 0.4) is 0 Å². The third-order valence-electron chi connectivity index (χ3n) is 5.09. The summed E-state index contributed by atoms with van der Waals surface area (Å²) in [5.41, 5.74) is 6.27. The second kappa shape index (κ2) is 8.03. The number of nitrogen functional groups attached to an aromatic ring is 1. The van der Waals surface area contributed by atoms with Crippen LogP contribution >= 0.6 is 0 Å². The molecule has 0 saturated heterocycles. The van der Waals surface area contributed by atoms with Crippen molar-refractivity contribution in [2.45, 2.75) is 4.90 Å². The van der Waals surface area contributed by atoms with E-state index in [2.05, 4.69) is 11.9 Å². The molecule has 4 rings (SSSR count). The average Bonchev–Trinajstić information content (AvgIpc) is 2.73. The minimum atomic E-state index is -4.74. The molecule has 4 N–H and O–H groups in total. The summed E-state index contributed by atoms with van der Waals surface area (Å²) in [6.07, 6.45) is 0. The van der Waals surface area contributed by atoms with Gasteiger partial charge in [-0.1, -0.05) is 0 Å². The first-order chi connectivity index (χ1) is 14.7. The second-order valence-corrected chi connectivity index (χ2v) is 15.5. The van der Waals surface area contributed by atoms with E-state index in [1.165, 1.54) is 15.2 Å². The fourth-order valence-electron chi connectivity index (χ4n) is 3.65. The van der Waals surface area contributed by atoms with Crippen LogP contribution in [0, 0.1) is 0 Å². The van der Waals surface area contributed by atoms with Crippen LogP contribution in [0.1, 0.15) is 31.8 Å². The summed E-state index contributed by atoms with van der Waals surface area (Å²) in [6, 6.07) is 14.8. The van der Waals surface area contributed by atoms with E-state index in [0.29, 0.717) is 5.69 Å². The molecular weight excluding hydrogens is 605 g/mol. The number of carbonyl (C=O) groups excluding carboxylic acids is 2. The Labute approximate surface area is 191 Å². The van der Waals surface area contributed by atoms with Crippen LogP contribution in [-0.2, 0) is 34.7 Å². The number of benzene rings is 3. The van der Waals surface area contributed by atoms with E-state index in [0.717, 1.165) is 6.07 Å². The topological polar surface area (TPSA) is 127 Å². The molecule has 0 radical (unpaired) electrons. The van der Waals surface area contributed by atoms with Gasteiger partial charge in [0, 0.05) is 0 Å². The molecule has 0 unspecified atom stereocenters. The van der Waals surface area contributed by atoms with Gasteiger partial charge in [-0.3, -0.25) is 0 Å². The van der Waals surface area contributed by atoms with Crippen molar-refractivity contribution in [1.82, 2.24) is 0 Å². The van der Waals surface area contributed by atoms with Gasteiger partial charge in [0.05, 0.1) is 0 Å². The first-order valence-electron chi connectivity index (χ1n) is 9.31. The van der Waals surface area contributed by atoms with E-state index in [9.17, 15) is 22.6 Å². The summed E-state index contributed by atoms with van der Waals surface area (Å²) in [5, 5.41) is 3.02. The number of fused-ring (bicyclic) bond motifs is 2. The molecule has 3 aromatic carbocycles. The third-order valence-corrected chi connectivity index (χ3v) is 10.8. The summed E-state index contributed by atoms with van der Waals surface area (Å²) < 4.78 is 36.8. The Hall–Kier alpha value is -2.81. The van der Waals surface area contributed by atoms with Gasteiger partial charge < -0.3 is 0 Å². The van der Waals surface area contributed by atoms with E-state index < -0.39 is 56.8 Å². The van der Waals surface area contributed by atoms with Gasteiger partial charge in [-0.15, -0.1) is 0 Å². The molecule has 31 heavy (non-hydrogen) atoms. The van der Waals surface area contributed by atoms with Crippen molar-refractivity contribution >= 4 is 41.8 Å². The summed E-state index contributed by atoms with van der Waals surface area (Å²) >= 11 is -1.32. The van der Waals surface area contributed by atoms with Gasteiger partial charge in [-0.05, 0) is 0 Å². The van der Waals surface area contributed by atoms with Gasteiger partial charge in [-0.25, -0.2) is 0 Å². The second-order valence-electron chi connectivity index (χ2n) is 7.08. The van der Waals surface area contributed by atoms with Gasteiger partial charge >= 0.3 is 192 Å². The molecule has 1 aliphatic carbocycles. The van der Waals surface area contributed by atoms with Crippen LogP contribution in [0.5, 0.6) is 0 Å². The van der Waals surface area contributed by atoms with Crippen LogP contribution in [0.4, 0.5) is 17.1 Å². The zero-order valence-electron chi connectivity index (χ0n) is 16.3. The molecule has 0 fully saturated rings. The number of nitrogens with one attached hydrogen (secondary N) is 1. The van der Waals surface area contributed by atoms with Gasteiger partial charge in [0.25, 0.3) is 0 Å². The Morgan fingerprint density at radius 1 is 0.968 bits per heavy atom. The van der Waals surface area contributed by atoms with Crippen LogP contribution < -0.4 is 14.1 Å². The maximum atomic E-state index is 13.3. The Bertz CT molecular complexity index is 1370. The molecule has 9 heteroatoms. The van der Waals surface area contributed by atoms with Crippen LogP contribution in [0.2, 0.25) is 0 Å². The summed E-state index contributed by atoms with van der Waals surface area (Å²) in [7, 11) is -4.74. The molecule has 0 spiro atoms. The van der Waals surface area contributed by atoms with Gasteiger partial charge in [0.1, 0.15) is 0 Å². The van der Waals surface area contributed by atoms with Crippen molar-refractivity contribution in [3.05, 3.63) is 87.0 Å². The van der Waals surface area contributed by atoms with E-state index >= 15 is 0 Å². The molecular formula is C22H16HgN2O5S. The van der Waals surface area contributed by atoms with Crippen molar-refractivity contribution in [3.63, 3.8) is 0 Å². The standard InChI is InChI=1S/C20H13N2O5S.C2H3.Hg/c21-18-15(28(25,26)27)10-14(22-11-6-2-1-3-7-11)16-17(18)20(24)13-9-5-4-8-12(13)19(16)23;1-2;/h2-10,22H,21H2,(H,25,26,27);1H,2H2;. The number of carbonyl (C=O) groups is 2. The van der Waals surface area contributed by atoms with Crippen molar-refractivity contribution in [1.29, 1.82) is 0 Å². The zero-order valence-corrected chi connectivity index (χ0v) is 22.6. The molecule has 3 aromatic rings. The quantitative estimate of drug-likeness (QED) is 0.178. The molecule has 7 nitrogen and oxygen atoms in total. The van der Waals surface area contributed by atoms with E-state index in [1.54, 1.807) is 24.3 Å². The number of rotatable bonds is 5. The Kier molecular flexibility index (Phi) is 5.55. The number of hydrogen-bond donors (Lipinski definition) is 3. The fraction of sp³-hybridized carbons (Fsp3) is 0. The molecule has 0 amide bonds. The predicted molar refractivity (Wildman–Crippen MR) is 114 cm³/mol. The molecule has 1 aliphatic rings. The molecule has 0 saturated carbocycles. The van der Waals surface area contributed by atoms with Gasteiger partial charge in [0.15, 0.2) is 0 Å². The van der Waals surface area contributed by atoms with Crippen molar-refractivity contribution < 1.29 is 47.1 Å². The maximum absolute atomic E-state index is 13.3. The van der Waals surface area contributed by atoms with E-state index in [1.807, 2.05) is 15.7 Å². The SMILES string of the molecule is C=[CH][Hg][c]1ccc(Nc2cc(S(=O)(=O)O)c(N)c3c2C(=O)c2ccccc2C3=O)cc1. The molecule has 0 aliphatic heterocycles. The van der Waals surface area contributed by atoms with Crippen molar-refractivity contribution in [3.8, 4) is 0 Å². The summed E-state index contributed by atoms with van der Waals surface area (Å²) in [6.45, 7) is 3.79. The number of ketones is 2. The van der Waals surface area contributed by atoms with Gasteiger partial charge in [-0.2, -0.15) is 0 Å². The molecule has 152 valence electrons.